The number of hydrogen-bond acceptors (Lipinski definition) is 3. The summed E-state index contributed by atoms with van der Waals surface area (Å²) >= 11 is 13.3. The Bertz CT molecular complexity index is 456. The summed E-state index contributed by atoms with van der Waals surface area (Å²) in [5.41, 5.74) is 1.04. The Balaban J connectivity index is 1.72. The Kier molecular flexibility index (Phi) is 6.15. The Morgan fingerprint density at radius 2 is 2.10 bits per heavy atom. The molecule has 6 heteroatoms. The largest absolute Gasteiger partial charge is 0.396 e. The topological polar surface area (TPSA) is 40.5 Å². The van der Waals surface area contributed by atoms with Gasteiger partial charge < -0.3 is 10.0 Å². The van der Waals surface area contributed by atoms with Gasteiger partial charge in [0, 0.05) is 26.1 Å². The highest BCUT2D eigenvalue weighted by molar-refractivity contribution is 7.20. The maximum Gasteiger partial charge on any atom is 0.222 e. The quantitative estimate of drug-likeness (QED) is 0.892. The molecule has 0 spiro atoms. The number of aliphatic hydroxyl groups is 1. The molecule has 0 atom stereocenters. The molecule has 1 aromatic heterocycles. The molecule has 20 heavy (non-hydrogen) atoms. The number of aliphatic hydroxyl groups excluding tert-OH is 1. The first-order valence-corrected chi connectivity index (χ1v) is 8.49. The van der Waals surface area contributed by atoms with E-state index < -0.39 is 0 Å². The van der Waals surface area contributed by atoms with E-state index in [-0.39, 0.29) is 12.5 Å². The number of likely N-dealkylation sites (tertiary alicyclic amines) is 1. The maximum absolute atomic E-state index is 12.1. The van der Waals surface area contributed by atoms with Crippen molar-refractivity contribution in [1.29, 1.82) is 0 Å². The zero-order chi connectivity index (χ0) is 14.5. The van der Waals surface area contributed by atoms with Gasteiger partial charge in [0.2, 0.25) is 5.91 Å². The molecule has 0 radical (unpaired) electrons. The lowest BCUT2D eigenvalue weighted by atomic mass is 9.97. The standard InChI is InChI=1S/C14H19Cl2NO2S/c15-12-8-11(14(16)20-12)2-1-3-13(19)17-6-4-10(9-18)5-7-17/h8,10,18H,1-7,9H2. The van der Waals surface area contributed by atoms with Crippen LogP contribution in [0.25, 0.3) is 0 Å². The van der Waals surface area contributed by atoms with Gasteiger partial charge in [-0.15, -0.1) is 11.3 Å². The average molecular weight is 336 g/mol. The van der Waals surface area contributed by atoms with Crippen molar-refractivity contribution in [1.82, 2.24) is 4.90 Å². The third kappa shape index (κ3) is 4.35. The Labute approximate surface area is 133 Å². The molecule has 1 N–H and O–H groups in total. The monoisotopic (exact) mass is 335 g/mol. The predicted octanol–water partition coefficient (Wildman–Crippen LogP) is 3.61. The third-order valence-electron chi connectivity index (χ3n) is 3.79. The van der Waals surface area contributed by atoms with Crippen LogP contribution in [0.5, 0.6) is 0 Å². The summed E-state index contributed by atoms with van der Waals surface area (Å²) in [4.78, 5) is 14.0. The highest BCUT2D eigenvalue weighted by Gasteiger charge is 2.21. The summed E-state index contributed by atoms with van der Waals surface area (Å²) in [7, 11) is 0. The van der Waals surface area contributed by atoms with Crippen LogP contribution < -0.4 is 0 Å². The molecule has 3 nitrogen and oxygen atoms in total. The Morgan fingerprint density at radius 3 is 2.65 bits per heavy atom. The zero-order valence-electron chi connectivity index (χ0n) is 11.3. The van der Waals surface area contributed by atoms with Gasteiger partial charge in [0.05, 0.1) is 8.67 Å². The van der Waals surface area contributed by atoms with Gasteiger partial charge in [0.25, 0.3) is 0 Å². The van der Waals surface area contributed by atoms with Gasteiger partial charge in [-0.25, -0.2) is 0 Å². The van der Waals surface area contributed by atoms with Crippen LogP contribution in [0, 0.1) is 5.92 Å². The van der Waals surface area contributed by atoms with Crippen molar-refractivity contribution in [3.8, 4) is 0 Å². The summed E-state index contributed by atoms with van der Waals surface area (Å²) in [5, 5.41) is 9.09. The second kappa shape index (κ2) is 7.64. The summed E-state index contributed by atoms with van der Waals surface area (Å²) in [5.74, 6) is 0.574. The van der Waals surface area contributed by atoms with E-state index in [0.29, 0.717) is 16.7 Å². The fourth-order valence-corrected chi connectivity index (χ4v) is 4.04. The molecule has 2 heterocycles. The van der Waals surface area contributed by atoms with Crippen LogP contribution in [0.2, 0.25) is 8.67 Å². The third-order valence-corrected chi connectivity index (χ3v) is 5.36. The molecule has 0 aliphatic carbocycles. The van der Waals surface area contributed by atoms with E-state index in [1.807, 2.05) is 11.0 Å². The van der Waals surface area contributed by atoms with Gasteiger partial charge in [-0.3, -0.25) is 4.79 Å². The van der Waals surface area contributed by atoms with Gasteiger partial charge in [-0.1, -0.05) is 23.2 Å². The van der Waals surface area contributed by atoms with E-state index in [9.17, 15) is 4.79 Å². The fourth-order valence-electron chi connectivity index (χ4n) is 2.50. The van der Waals surface area contributed by atoms with Gasteiger partial charge >= 0.3 is 0 Å². The van der Waals surface area contributed by atoms with Crippen molar-refractivity contribution in [3.05, 3.63) is 20.3 Å². The fraction of sp³-hybridized carbons (Fsp3) is 0.643. The van der Waals surface area contributed by atoms with Gasteiger partial charge in [0.1, 0.15) is 0 Å². The molecule has 0 aromatic carbocycles. The van der Waals surface area contributed by atoms with Crippen LogP contribution in [-0.4, -0.2) is 35.6 Å². The normalized spacial score (nSPS) is 16.6. The minimum Gasteiger partial charge on any atom is -0.396 e. The second-order valence-corrected chi connectivity index (χ2v) is 7.50. The van der Waals surface area contributed by atoms with Crippen molar-refractivity contribution in [2.45, 2.75) is 32.1 Å². The number of aryl methyl sites for hydroxylation is 1. The van der Waals surface area contributed by atoms with Crippen LogP contribution in [0.3, 0.4) is 0 Å². The highest BCUT2D eigenvalue weighted by atomic mass is 35.5. The van der Waals surface area contributed by atoms with E-state index in [1.165, 1.54) is 11.3 Å². The maximum atomic E-state index is 12.1. The number of carbonyl (C=O) groups excluding carboxylic acids is 1. The molecule has 1 aromatic rings. The number of carbonyl (C=O) groups is 1. The lowest BCUT2D eigenvalue weighted by molar-refractivity contribution is -0.132. The number of piperidine rings is 1. The molecule has 1 aliphatic rings. The van der Waals surface area contributed by atoms with Crippen LogP contribution in [-0.2, 0) is 11.2 Å². The van der Waals surface area contributed by atoms with Gasteiger partial charge in [0.15, 0.2) is 0 Å². The van der Waals surface area contributed by atoms with Gasteiger partial charge in [-0.05, 0) is 43.2 Å². The minimum atomic E-state index is 0.207. The van der Waals surface area contributed by atoms with E-state index in [0.717, 1.165) is 48.7 Å². The molecular weight excluding hydrogens is 317 g/mol. The number of rotatable bonds is 5. The molecule has 1 aliphatic heterocycles. The summed E-state index contributed by atoms with van der Waals surface area (Å²) in [6, 6.07) is 1.88. The zero-order valence-corrected chi connectivity index (χ0v) is 13.6. The molecule has 1 saturated heterocycles. The van der Waals surface area contributed by atoms with Crippen molar-refractivity contribution in [2.75, 3.05) is 19.7 Å². The molecule has 0 bridgehead atoms. The molecule has 0 saturated carbocycles. The summed E-state index contributed by atoms with van der Waals surface area (Å²) < 4.78 is 1.42. The first kappa shape index (κ1) is 16.1. The minimum absolute atomic E-state index is 0.207. The number of halogens is 2. The number of amides is 1. The molecule has 112 valence electrons. The van der Waals surface area contributed by atoms with Gasteiger partial charge in [-0.2, -0.15) is 0 Å². The molecule has 0 unspecified atom stereocenters. The summed E-state index contributed by atoms with van der Waals surface area (Å²) in [6.07, 6.45) is 3.96. The second-order valence-electron chi connectivity index (χ2n) is 5.21. The van der Waals surface area contributed by atoms with E-state index >= 15 is 0 Å². The molecule has 2 rings (SSSR count). The van der Waals surface area contributed by atoms with Crippen molar-refractivity contribution in [2.24, 2.45) is 5.92 Å². The lowest BCUT2D eigenvalue weighted by Gasteiger charge is -2.31. The van der Waals surface area contributed by atoms with Crippen LogP contribution >= 0.6 is 34.5 Å². The van der Waals surface area contributed by atoms with Crippen molar-refractivity contribution < 1.29 is 9.90 Å². The SMILES string of the molecule is O=C(CCCc1cc(Cl)sc1Cl)N1CCC(CO)CC1. The van der Waals surface area contributed by atoms with Crippen LogP contribution in [0.1, 0.15) is 31.2 Å². The summed E-state index contributed by atoms with van der Waals surface area (Å²) in [6.45, 7) is 1.78. The smallest absolute Gasteiger partial charge is 0.222 e. The van der Waals surface area contributed by atoms with E-state index in [1.54, 1.807) is 0 Å². The average Bonchev–Trinajstić information content (AvgIpc) is 2.77. The first-order chi connectivity index (χ1) is 9.60. The Morgan fingerprint density at radius 1 is 1.40 bits per heavy atom. The van der Waals surface area contributed by atoms with Crippen molar-refractivity contribution >= 4 is 40.4 Å². The van der Waals surface area contributed by atoms with Crippen molar-refractivity contribution in [3.63, 3.8) is 0 Å². The number of thiophene rings is 1. The van der Waals surface area contributed by atoms with Crippen LogP contribution in [0.4, 0.5) is 0 Å². The number of nitrogens with zero attached hydrogens (tertiary/aromatic N) is 1. The Hall–Kier alpha value is -0.290. The molecular formula is C14H19Cl2NO2S. The number of hydrogen-bond donors (Lipinski definition) is 1. The van der Waals surface area contributed by atoms with E-state index in [4.69, 9.17) is 28.3 Å². The molecule has 1 fully saturated rings. The molecule has 1 amide bonds. The van der Waals surface area contributed by atoms with E-state index in [2.05, 4.69) is 0 Å². The predicted molar refractivity (Wildman–Crippen MR) is 83.7 cm³/mol. The highest BCUT2D eigenvalue weighted by Crippen LogP contribution is 2.32. The lowest BCUT2D eigenvalue weighted by Crippen LogP contribution is -2.39. The first-order valence-electron chi connectivity index (χ1n) is 6.92. The van der Waals surface area contributed by atoms with Crippen LogP contribution in [0.15, 0.2) is 6.07 Å².